The largest absolute Gasteiger partial charge is 0.491 e. The van der Waals surface area contributed by atoms with E-state index in [1.165, 1.54) is 0 Å². The van der Waals surface area contributed by atoms with Gasteiger partial charge in [0.05, 0.1) is 12.1 Å². The number of anilines is 1. The summed E-state index contributed by atoms with van der Waals surface area (Å²) in [6.45, 7) is 1.40. The summed E-state index contributed by atoms with van der Waals surface area (Å²) in [5.41, 5.74) is 9.73. The topological polar surface area (TPSA) is 112 Å². The Morgan fingerprint density at radius 3 is 2.97 bits per heavy atom. The van der Waals surface area contributed by atoms with E-state index in [4.69, 9.17) is 27.1 Å². The van der Waals surface area contributed by atoms with Crippen LogP contribution >= 0.6 is 11.6 Å². The van der Waals surface area contributed by atoms with Gasteiger partial charge < -0.3 is 20.4 Å². The molecule has 0 unspecified atom stereocenters. The van der Waals surface area contributed by atoms with Crippen LogP contribution in [0.1, 0.15) is 19.3 Å². The molecule has 4 heterocycles. The van der Waals surface area contributed by atoms with E-state index in [0.717, 1.165) is 59.7 Å². The fraction of sp³-hybridized carbons (Fsp3) is 0.333. The molecule has 2 aliphatic rings. The number of carbonyl (C=O) groups excluding carboxylic acids is 1. The molecule has 1 fully saturated rings. The van der Waals surface area contributed by atoms with Gasteiger partial charge in [0.15, 0.2) is 5.65 Å². The number of primary amides is 1. The number of benzene rings is 1. The third kappa shape index (κ3) is 3.16. The normalized spacial score (nSPS) is 16.8. The zero-order valence-corrected chi connectivity index (χ0v) is 17.3. The predicted octanol–water partition coefficient (Wildman–Crippen LogP) is 2.86. The summed E-state index contributed by atoms with van der Waals surface area (Å²) in [5, 5.41) is 7.71. The fourth-order valence-electron chi connectivity index (χ4n) is 4.28. The smallest absolute Gasteiger partial charge is 0.243 e. The number of amides is 1. The Morgan fingerprint density at radius 2 is 2.16 bits per heavy atom. The quantitative estimate of drug-likeness (QED) is 0.496. The fourth-order valence-corrected chi connectivity index (χ4v) is 4.45. The summed E-state index contributed by atoms with van der Waals surface area (Å²) in [6.07, 6.45) is 4.76. The molecule has 1 aliphatic carbocycles. The standard InChI is InChI=1S/C21H20ClN7O2/c22-21-26-16-5-4-12(10-29(16)27-21)20-25-14-8-13(24-17(19(23)30)11-2-3-11)9-15-18(14)28(20)6-1-7-31-15/h4-5,8-11,17,24H,1-3,6-7H2,(H2,23,30)/t17-/m0/s1. The van der Waals surface area contributed by atoms with E-state index in [1.54, 1.807) is 4.52 Å². The maximum atomic E-state index is 11.9. The number of fused-ring (bicyclic) bond motifs is 1. The summed E-state index contributed by atoms with van der Waals surface area (Å²) in [4.78, 5) is 21.0. The van der Waals surface area contributed by atoms with Crippen molar-refractivity contribution in [3.63, 3.8) is 0 Å². The molecule has 0 bridgehead atoms. The molecule has 158 valence electrons. The van der Waals surface area contributed by atoms with Crippen LogP contribution in [0.5, 0.6) is 5.75 Å². The molecular formula is C21H20ClN7O2. The number of rotatable bonds is 5. The Labute approximate surface area is 182 Å². The van der Waals surface area contributed by atoms with Crippen LogP contribution < -0.4 is 15.8 Å². The van der Waals surface area contributed by atoms with Crippen LogP contribution in [0.15, 0.2) is 30.5 Å². The molecule has 1 aliphatic heterocycles. The molecule has 31 heavy (non-hydrogen) atoms. The van der Waals surface area contributed by atoms with E-state index in [9.17, 15) is 4.79 Å². The van der Waals surface area contributed by atoms with E-state index < -0.39 is 0 Å². The number of pyridine rings is 1. The molecular weight excluding hydrogens is 418 g/mol. The van der Waals surface area contributed by atoms with Crippen LogP contribution in [0, 0.1) is 5.92 Å². The Bertz CT molecular complexity index is 1340. The van der Waals surface area contributed by atoms with Gasteiger partial charge in [-0.25, -0.2) is 9.50 Å². The summed E-state index contributed by atoms with van der Waals surface area (Å²) < 4.78 is 9.87. The Balaban J connectivity index is 1.48. The second-order valence-electron chi connectivity index (χ2n) is 8.09. The number of nitrogens with two attached hydrogens (primary N) is 1. The highest BCUT2D eigenvalue weighted by Gasteiger charge is 2.35. The lowest BCUT2D eigenvalue weighted by atomic mass is 10.1. The SMILES string of the molecule is NC(=O)[C@@H](Nc1cc2c3c(c1)nc(-c1ccc4nc(Cl)nn4c1)n3CCCO2)C1CC1. The molecule has 10 heteroatoms. The summed E-state index contributed by atoms with van der Waals surface area (Å²) in [6, 6.07) is 7.35. The minimum Gasteiger partial charge on any atom is -0.491 e. The number of aryl methyl sites for hydroxylation is 1. The Hall–Kier alpha value is -3.33. The summed E-state index contributed by atoms with van der Waals surface area (Å²) >= 11 is 5.94. The lowest BCUT2D eigenvalue weighted by Gasteiger charge is -2.17. The van der Waals surface area contributed by atoms with Crippen LogP contribution in [0.4, 0.5) is 5.69 Å². The Kier molecular flexibility index (Phi) is 4.07. The van der Waals surface area contributed by atoms with Gasteiger partial charge in [-0.05, 0) is 55.0 Å². The molecule has 1 saturated carbocycles. The van der Waals surface area contributed by atoms with E-state index in [-0.39, 0.29) is 17.2 Å². The van der Waals surface area contributed by atoms with Crippen LogP contribution in [0.3, 0.4) is 0 Å². The minimum atomic E-state index is -0.378. The predicted molar refractivity (Wildman–Crippen MR) is 116 cm³/mol. The number of nitrogens with zero attached hydrogens (tertiary/aromatic N) is 5. The third-order valence-corrected chi connectivity index (χ3v) is 6.04. The average Bonchev–Trinajstić information content (AvgIpc) is 3.45. The lowest BCUT2D eigenvalue weighted by molar-refractivity contribution is -0.119. The second kappa shape index (κ2) is 6.84. The molecule has 9 nitrogen and oxygen atoms in total. The molecule has 3 N–H and O–H groups in total. The van der Waals surface area contributed by atoms with Gasteiger partial charge in [-0.3, -0.25) is 4.79 Å². The molecule has 3 aromatic heterocycles. The molecule has 1 amide bonds. The number of nitrogens with one attached hydrogen (secondary N) is 1. The number of hydrogen-bond donors (Lipinski definition) is 2. The van der Waals surface area contributed by atoms with E-state index in [1.807, 2.05) is 30.5 Å². The number of carbonyl (C=O) groups is 1. The molecule has 0 radical (unpaired) electrons. The molecule has 1 atom stereocenters. The molecule has 6 rings (SSSR count). The highest BCUT2D eigenvalue weighted by molar-refractivity contribution is 6.28. The van der Waals surface area contributed by atoms with Crippen molar-refractivity contribution in [2.45, 2.75) is 31.8 Å². The van der Waals surface area contributed by atoms with Gasteiger partial charge in [0.1, 0.15) is 23.1 Å². The monoisotopic (exact) mass is 437 g/mol. The van der Waals surface area contributed by atoms with Gasteiger partial charge in [-0.2, -0.15) is 4.98 Å². The van der Waals surface area contributed by atoms with Crippen LogP contribution in [0.25, 0.3) is 28.1 Å². The molecule has 0 saturated heterocycles. The van der Waals surface area contributed by atoms with Crippen molar-refractivity contribution in [2.24, 2.45) is 11.7 Å². The minimum absolute atomic E-state index is 0.203. The Morgan fingerprint density at radius 1 is 1.29 bits per heavy atom. The van der Waals surface area contributed by atoms with Gasteiger partial charge in [-0.15, -0.1) is 5.10 Å². The van der Waals surface area contributed by atoms with Crippen LogP contribution in [-0.2, 0) is 11.3 Å². The van der Waals surface area contributed by atoms with E-state index >= 15 is 0 Å². The second-order valence-corrected chi connectivity index (χ2v) is 8.43. The number of ether oxygens (including phenoxy) is 1. The number of halogens is 1. The van der Waals surface area contributed by atoms with Crippen molar-refractivity contribution in [2.75, 3.05) is 11.9 Å². The first-order valence-corrected chi connectivity index (χ1v) is 10.7. The summed E-state index contributed by atoms with van der Waals surface area (Å²) in [7, 11) is 0. The van der Waals surface area contributed by atoms with E-state index in [0.29, 0.717) is 18.2 Å². The molecule has 0 spiro atoms. The first kappa shape index (κ1) is 18.4. The highest BCUT2D eigenvalue weighted by Crippen LogP contribution is 2.38. The zero-order valence-electron chi connectivity index (χ0n) is 16.6. The number of imidazole rings is 1. The number of hydrogen-bond acceptors (Lipinski definition) is 6. The molecule has 1 aromatic carbocycles. The maximum Gasteiger partial charge on any atom is 0.243 e. The van der Waals surface area contributed by atoms with Crippen molar-refractivity contribution < 1.29 is 9.53 Å². The zero-order chi connectivity index (χ0) is 21.1. The van der Waals surface area contributed by atoms with Crippen molar-refractivity contribution >= 4 is 39.9 Å². The van der Waals surface area contributed by atoms with Gasteiger partial charge in [0, 0.05) is 30.1 Å². The van der Waals surface area contributed by atoms with Crippen LogP contribution in [-0.4, -0.2) is 42.7 Å². The van der Waals surface area contributed by atoms with Gasteiger partial charge in [-0.1, -0.05) is 0 Å². The van der Waals surface area contributed by atoms with E-state index in [2.05, 4.69) is 20.0 Å². The third-order valence-electron chi connectivity index (χ3n) is 5.88. The van der Waals surface area contributed by atoms with Crippen LogP contribution in [0.2, 0.25) is 5.28 Å². The summed E-state index contributed by atoms with van der Waals surface area (Å²) in [5.74, 6) is 1.53. The van der Waals surface area contributed by atoms with Crippen molar-refractivity contribution in [3.05, 3.63) is 35.7 Å². The van der Waals surface area contributed by atoms with Crippen molar-refractivity contribution in [3.8, 4) is 17.1 Å². The van der Waals surface area contributed by atoms with Gasteiger partial charge in [0.2, 0.25) is 11.2 Å². The van der Waals surface area contributed by atoms with Crippen molar-refractivity contribution in [1.82, 2.24) is 24.1 Å². The lowest BCUT2D eigenvalue weighted by Crippen LogP contribution is -2.37. The first-order valence-electron chi connectivity index (χ1n) is 10.3. The first-order chi connectivity index (χ1) is 15.1. The highest BCUT2D eigenvalue weighted by atomic mass is 35.5. The van der Waals surface area contributed by atoms with Gasteiger partial charge >= 0.3 is 0 Å². The average molecular weight is 438 g/mol. The van der Waals surface area contributed by atoms with Gasteiger partial charge in [0.25, 0.3) is 0 Å². The van der Waals surface area contributed by atoms with Crippen molar-refractivity contribution in [1.29, 1.82) is 0 Å². The maximum absolute atomic E-state index is 11.9. The number of aromatic nitrogens is 5. The molecule has 4 aromatic rings.